The molecule has 0 saturated carbocycles. The Hall–Kier alpha value is -3.14. The van der Waals surface area contributed by atoms with Crippen molar-refractivity contribution in [2.45, 2.75) is 26.4 Å². The lowest BCUT2D eigenvalue weighted by Gasteiger charge is -2.15. The Morgan fingerprint density at radius 3 is 2.31 bits per heavy atom. The van der Waals surface area contributed by atoms with Gasteiger partial charge in [0.2, 0.25) is 5.91 Å². The monoisotopic (exact) mass is 346 g/mol. The molecular formula is C22H22N2O2. The van der Waals surface area contributed by atoms with Crippen molar-refractivity contribution in [3.05, 3.63) is 83.4 Å². The number of hydrogen-bond donors (Lipinski definition) is 2. The highest BCUT2D eigenvalue weighted by Crippen LogP contribution is 2.20. The van der Waals surface area contributed by atoms with Crippen LogP contribution in [0.1, 0.15) is 41.4 Å². The summed E-state index contributed by atoms with van der Waals surface area (Å²) in [5.74, 6) is -0.187. The maximum Gasteiger partial charge on any atom is 0.251 e. The van der Waals surface area contributed by atoms with Crippen LogP contribution in [0, 0.1) is 0 Å². The molecule has 2 N–H and O–H groups in total. The average Bonchev–Trinajstić information content (AvgIpc) is 2.66. The van der Waals surface area contributed by atoms with Crippen molar-refractivity contribution in [3.8, 4) is 0 Å². The van der Waals surface area contributed by atoms with Crippen LogP contribution in [0.5, 0.6) is 0 Å². The average molecular weight is 346 g/mol. The van der Waals surface area contributed by atoms with Crippen LogP contribution < -0.4 is 10.6 Å². The van der Waals surface area contributed by atoms with E-state index < -0.39 is 0 Å². The molecule has 0 aromatic heterocycles. The molecule has 4 heteroatoms. The van der Waals surface area contributed by atoms with Gasteiger partial charge in [0.1, 0.15) is 0 Å². The maximum absolute atomic E-state index is 12.5. The van der Waals surface area contributed by atoms with E-state index in [4.69, 9.17) is 0 Å². The Morgan fingerprint density at radius 1 is 0.923 bits per heavy atom. The molecule has 3 rings (SSSR count). The molecule has 3 aromatic rings. The van der Waals surface area contributed by atoms with Crippen LogP contribution in [0.4, 0.5) is 0 Å². The predicted molar refractivity (Wildman–Crippen MR) is 104 cm³/mol. The molecule has 3 aromatic carbocycles. The van der Waals surface area contributed by atoms with E-state index in [2.05, 4.69) is 34.9 Å². The second-order valence-corrected chi connectivity index (χ2v) is 6.41. The number of benzene rings is 3. The molecule has 132 valence electrons. The van der Waals surface area contributed by atoms with Crippen LogP contribution in [-0.2, 0) is 11.3 Å². The summed E-state index contributed by atoms with van der Waals surface area (Å²) < 4.78 is 0. The maximum atomic E-state index is 12.5. The standard InChI is InChI=1S/C22H22N2O2/c1-15(20-12-11-18-5-3-4-6-21(18)13-20)24-22(26)19-9-7-17(8-10-19)14-23-16(2)25/h3-13,15H,14H2,1-2H3,(H,23,25)(H,24,26). The molecule has 0 fully saturated rings. The van der Waals surface area contributed by atoms with Crippen LogP contribution in [0.3, 0.4) is 0 Å². The summed E-state index contributed by atoms with van der Waals surface area (Å²) in [7, 11) is 0. The van der Waals surface area contributed by atoms with Gasteiger partial charge in [-0.05, 0) is 47.0 Å². The first-order valence-electron chi connectivity index (χ1n) is 8.66. The summed E-state index contributed by atoms with van der Waals surface area (Å²) in [6.07, 6.45) is 0. The van der Waals surface area contributed by atoms with Gasteiger partial charge in [0, 0.05) is 19.0 Å². The van der Waals surface area contributed by atoms with Crippen LogP contribution in [0.15, 0.2) is 66.7 Å². The molecule has 0 heterocycles. The van der Waals surface area contributed by atoms with E-state index in [1.165, 1.54) is 12.3 Å². The van der Waals surface area contributed by atoms with Crippen LogP contribution in [0.25, 0.3) is 10.8 Å². The van der Waals surface area contributed by atoms with E-state index in [1.807, 2.05) is 37.3 Å². The first-order valence-corrected chi connectivity index (χ1v) is 8.66. The Balaban J connectivity index is 1.67. The number of hydrogen-bond acceptors (Lipinski definition) is 2. The molecule has 0 spiro atoms. The molecule has 0 radical (unpaired) electrons. The highest BCUT2D eigenvalue weighted by Gasteiger charge is 2.12. The van der Waals surface area contributed by atoms with Crippen molar-refractivity contribution >= 4 is 22.6 Å². The van der Waals surface area contributed by atoms with Crippen molar-refractivity contribution in [3.63, 3.8) is 0 Å². The first-order chi connectivity index (χ1) is 12.5. The molecule has 0 saturated heterocycles. The summed E-state index contributed by atoms with van der Waals surface area (Å²) in [6.45, 7) is 3.92. The summed E-state index contributed by atoms with van der Waals surface area (Å²) in [4.78, 5) is 23.4. The summed E-state index contributed by atoms with van der Waals surface area (Å²) in [5.41, 5.74) is 2.63. The number of carbonyl (C=O) groups is 2. The topological polar surface area (TPSA) is 58.2 Å². The van der Waals surface area contributed by atoms with Crippen LogP contribution in [0.2, 0.25) is 0 Å². The van der Waals surface area contributed by atoms with E-state index >= 15 is 0 Å². The van der Waals surface area contributed by atoms with E-state index in [-0.39, 0.29) is 17.9 Å². The number of nitrogens with one attached hydrogen (secondary N) is 2. The molecule has 0 aliphatic heterocycles. The highest BCUT2D eigenvalue weighted by atomic mass is 16.2. The Kier molecular flexibility index (Phi) is 5.32. The highest BCUT2D eigenvalue weighted by molar-refractivity contribution is 5.94. The first kappa shape index (κ1) is 17.7. The normalized spacial score (nSPS) is 11.8. The van der Waals surface area contributed by atoms with Gasteiger partial charge in [-0.25, -0.2) is 0 Å². The third-order valence-electron chi connectivity index (χ3n) is 4.38. The minimum atomic E-state index is -0.114. The van der Waals surface area contributed by atoms with Crippen LogP contribution >= 0.6 is 0 Å². The van der Waals surface area contributed by atoms with Gasteiger partial charge in [-0.2, -0.15) is 0 Å². The third kappa shape index (κ3) is 4.28. The van der Waals surface area contributed by atoms with Gasteiger partial charge in [-0.1, -0.05) is 48.5 Å². The van der Waals surface area contributed by atoms with Gasteiger partial charge in [0.25, 0.3) is 5.91 Å². The summed E-state index contributed by atoms with van der Waals surface area (Å²) >= 11 is 0. The van der Waals surface area contributed by atoms with Gasteiger partial charge in [-0.15, -0.1) is 0 Å². The zero-order valence-corrected chi connectivity index (χ0v) is 15.0. The van der Waals surface area contributed by atoms with Crippen molar-refractivity contribution in [2.24, 2.45) is 0 Å². The number of rotatable bonds is 5. The van der Waals surface area contributed by atoms with Gasteiger partial charge in [0.15, 0.2) is 0 Å². The minimum absolute atomic E-state index is 0.0731. The molecule has 0 aliphatic rings. The lowest BCUT2D eigenvalue weighted by molar-refractivity contribution is -0.119. The predicted octanol–water partition coefficient (Wildman–Crippen LogP) is 3.97. The van der Waals surface area contributed by atoms with Crippen LogP contribution in [-0.4, -0.2) is 11.8 Å². The largest absolute Gasteiger partial charge is 0.352 e. The number of fused-ring (bicyclic) bond motifs is 1. The lowest BCUT2D eigenvalue weighted by Crippen LogP contribution is -2.26. The van der Waals surface area contributed by atoms with Crippen molar-refractivity contribution in [1.82, 2.24) is 10.6 Å². The van der Waals surface area contributed by atoms with E-state index in [1.54, 1.807) is 12.1 Å². The zero-order chi connectivity index (χ0) is 18.5. The molecule has 4 nitrogen and oxygen atoms in total. The second-order valence-electron chi connectivity index (χ2n) is 6.41. The van der Waals surface area contributed by atoms with E-state index in [9.17, 15) is 9.59 Å². The second kappa shape index (κ2) is 7.83. The fraction of sp³-hybridized carbons (Fsp3) is 0.182. The van der Waals surface area contributed by atoms with E-state index in [0.717, 1.165) is 16.5 Å². The summed E-state index contributed by atoms with van der Waals surface area (Å²) in [5, 5.41) is 8.12. The fourth-order valence-electron chi connectivity index (χ4n) is 2.84. The van der Waals surface area contributed by atoms with Gasteiger partial charge >= 0.3 is 0 Å². The van der Waals surface area contributed by atoms with Crippen molar-refractivity contribution < 1.29 is 9.59 Å². The Labute approximate surface area is 153 Å². The minimum Gasteiger partial charge on any atom is -0.352 e. The quantitative estimate of drug-likeness (QED) is 0.734. The number of amides is 2. The lowest BCUT2D eigenvalue weighted by atomic mass is 10.0. The molecule has 0 aliphatic carbocycles. The molecule has 0 bridgehead atoms. The molecule has 26 heavy (non-hydrogen) atoms. The van der Waals surface area contributed by atoms with E-state index in [0.29, 0.717) is 12.1 Å². The smallest absolute Gasteiger partial charge is 0.251 e. The van der Waals surface area contributed by atoms with Crippen molar-refractivity contribution in [1.29, 1.82) is 0 Å². The molecule has 2 amide bonds. The van der Waals surface area contributed by atoms with Gasteiger partial charge < -0.3 is 10.6 Å². The third-order valence-corrected chi connectivity index (χ3v) is 4.38. The van der Waals surface area contributed by atoms with Gasteiger partial charge in [0.05, 0.1) is 6.04 Å². The Morgan fingerprint density at radius 2 is 1.62 bits per heavy atom. The Bertz CT molecular complexity index is 932. The molecule has 1 atom stereocenters. The number of carbonyl (C=O) groups excluding carboxylic acids is 2. The van der Waals surface area contributed by atoms with Crippen molar-refractivity contribution in [2.75, 3.05) is 0 Å². The summed E-state index contributed by atoms with van der Waals surface area (Å²) in [6, 6.07) is 21.6. The van der Waals surface area contributed by atoms with Gasteiger partial charge in [-0.3, -0.25) is 9.59 Å². The molecule has 1 unspecified atom stereocenters. The zero-order valence-electron chi connectivity index (χ0n) is 15.0. The fourth-order valence-corrected chi connectivity index (χ4v) is 2.84. The molecular weight excluding hydrogens is 324 g/mol. The SMILES string of the molecule is CC(=O)NCc1ccc(C(=O)NC(C)c2ccc3ccccc3c2)cc1.